The van der Waals surface area contributed by atoms with Crippen LogP contribution in [0, 0.1) is 19.3 Å². The molecule has 26 heavy (non-hydrogen) atoms. The molecule has 0 spiro atoms. The summed E-state index contributed by atoms with van der Waals surface area (Å²) in [6, 6.07) is 9.48. The molecule has 3 rings (SSSR count). The Morgan fingerprint density at radius 2 is 1.85 bits per heavy atom. The zero-order valence-electron chi connectivity index (χ0n) is 15.6. The van der Waals surface area contributed by atoms with E-state index in [9.17, 15) is 9.59 Å². The Morgan fingerprint density at radius 1 is 1.19 bits per heavy atom. The number of rotatable bonds is 4. The molecule has 0 unspecified atom stereocenters. The molecule has 0 aliphatic rings. The van der Waals surface area contributed by atoms with Crippen molar-refractivity contribution in [3.63, 3.8) is 0 Å². The molecule has 6 heteroatoms. The second-order valence-electron chi connectivity index (χ2n) is 7.30. The normalized spacial score (nSPS) is 11.9. The number of carbonyl (C=O) groups is 1. The van der Waals surface area contributed by atoms with Crippen molar-refractivity contribution >= 4 is 39.1 Å². The number of thiophene rings is 1. The zero-order chi connectivity index (χ0) is 19.1. The zero-order valence-corrected chi connectivity index (χ0v) is 17.3. The Hall–Kier alpha value is -1.92. The molecular formula is C20H22N2O2S2. The molecule has 4 nitrogen and oxygen atoms in total. The molecular weight excluding hydrogens is 364 g/mol. The van der Waals surface area contributed by atoms with Gasteiger partial charge in [0.05, 0.1) is 16.8 Å². The van der Waals surface area contributed by atoms with Gasteiger partial charge in [0, 0.05) is 10.3 Å². The first kappa shape index (κ1) is 18.9. The third-order valence-electron chi connectivity index (χ3n) is 4.36. The van der Waals surface area contributed by atoms with Gasteiger partial charge in [-0.25, -0.2) is 4.98 Å². The first-order valence-corrected chi connectivity index (χ1v) is 10.2. The Balaban J connectivity index is 2.17. The molecule has 0 aliphatic heterocycles. The number of ketones is 1. The number of Topliss-reactive ketones (excluding diaryl/α,β-unsaturated/α-hetero) is 1. The van der Waals surface area contributed by atoms with Gasteiger partial charge >= 0.3 is 0 Å². The molecule has 0 bridgehead atoms. The SMILES string of the molecule is Cc1sc2nc(SCC(=O)C(C)(C)C)n(-c3ccccc3)c(=O)c2c1C. The third-order valence-corrected chi connectivity index (χ3v) is 6.40. The first-order chi connectivity index (χ1) is 12.2. The molecule has 1 aromatic carbocycles. The number of nitrogens with zero attached hydrogens (tertiary/aromatic N) is 2. The maximum absolute atomic E-state index is 13.3. The Labute approximate surface area is 161 Å². The summed E-state index contributed by atoms with van der Waals surface area (Å²) in [7, 11) is 0. The number of aryl methyl sites for hydroxylation is 2. The number of carbonyl (C=O) groups excluding carboxylic acids is 1. The highest BCUT2D eigenvalue weighted by Crippen LogP contribution is 2.30. The second-order valence-corrected chi connectivity index (χ2v) is 9.44. The van der Waals surface area contributed by atoms with Crippen LogP contribution in [0.1, 0.15) is 31.2 Å². The quantitative estimate of drug-likeness (QED) is 0.479. The summed E-state index contributed by atoms with van der Waals surface area (Å²) in [6.45, 7) is 9.68. The van der Waals surface area contributed by atoms with Crippen LogP contribution in [-0.2, 0) is 4.79 Å². The number of aromatic nitrogens is 2. The summed E-state index contributed by atoms with van der Waals surface area (Å²) in [5.74, 6) is 0.424. The molecule has 0 aliphatic carbocycles. The second kappa shape index (κ2) is 7.00. The molecule has 0 fully saturated rings. The molecule has 2 heterocycles. The summed E-state index contributed by atoms with van der Waals surface area (Å²) in [5.41, 5.74) is 1.26. The summed E-state index contributed by atoms with van der Waals surface area (Å²) in [4.78, 5) is 32.2. The van der Waals surface area contributed by atoms with Gasteiger partial charge in [-0.3, -0.25) is 14.2 Å². The van der Waals surface area contributed by atoms with Crippen molar-refractivity contribution in [2.45, 2.75) is 39.8 Å². The summed E-state index contributed by atoms with van der Waals surface area (Å²) in [6.07, 6.45) is 0. The largest absolute Gasteiger partial charge is 0.298 e. The van der Waals surface area contributed by atoms with E-state index in [-0.39, 0.29) is 17.1 Å². The molecule has 0 amide bonds. The van der Waals surface area contributed by atoms with Crippen molar-refractivity contribution in [2.75, 3.05) is 5.75 Å². The van der Waals surface area contributed by atoms with Crippen LogP contribution in [0.5, 0.6) is 0 Å². The van der Waals surface area contributed by atoms with E-state index in [1.54, 1.807) is 4.57 Å². The summed E-state index contributed by atoms with van der Waals surface area (Å²) in [5, 5.41) is 1.23. The minimum Gasteiger partial charge on any atom is -0.298 e. The van der Waals surface area contributed by atoms with E-state index in [4.69, 9.17) is 4.98 Å². The maximum atomic E-state index is 13.3. The fraction of sp³-hybridized carbons (Fsp3) is 0.350. The van der Waals surface area contributed by atoms with E-state index < -0.39 is 5.41 Å². The minimum atomic E-state index is -0.412. The van der Waals surface area contributed by atoms with Gasteiger partial charge in [0.1, 0.15) is 10.6 Å². The highest BCUT2D eigenvalue weighted by Gasteiger charge is 2.23. The lowest BCUT2D eigenvalue weighted by Gasteiger charge is -2.17. The van der Waals surface area contributed by atoms with Crippen LogP contribution in [0.3, 0.4) is 0 Å². The molecule has 0 N–H and O–H groups in total. The number of hydrogen-bond donors (Lipinski definition) is 0. The van der Waals surface area contributed by atoms with Gasteiger partial charge in [0.15, 0.2) is 5.16 Å². The number of benzene rings is 1. The van der Waals surface area contributed by atoms with Crippen molar-refractivity contribution in [3.8, 4) is 5.69 Å². The van der Waals surface area contributed by atoms with E-state index in [1.165, 1.54) is 23.1 Å². The average molecular weight is 387 g/mol. The van der Waals surface area contributed by atoms with E-state index in [1.807, 2.05) is 65.0 Å². The molecule has 2 aromatic heterocycles. The number of para-hydroxylation sites is 1. The highest BCUT2D eigenvalue weighted by molar-refractivity contribution is 7.99. The number of thioether (sulfide) groups is 1. The molecule has 0 saturated carbocycles. The van der Waals surface area contributed by atoms with E-state index in [0.717, 1.165) is 21.0 Å². The lowest BCUT2D eigenvalue weighted by Crippen LogP contribution is -2.24. The Bertz CT molecular complexity index is 1030. The lowest BCUT2D eigenvalue weighted by molar-refractivity contribution is -0.123. The van der Waals surface area contributed by atoms with Gasteiger partial charge in [0.25, 0.3) is 5.56 Å². The fourth-order valence-corrected chi connectivity index (χ4v) is 4.77. The van der Waals surface area contributed by atoms with Gasteiger partial charge in [0.2, 0.25) is 0 Å². The highest BCUT2D eigenvalue weighted by atomic mass is 32.2. The van der Waals surface area contributed by atoms with Crippen molar-refractivity contribution in [1.29, 1.82) is 0 Å². The van der Waals surface area contributed by atoms with Gasteiger partial charge in [-0.1, -0.05) is 50.7 Å². The predicted molar refractivity (Wildman–Crippen MR) is 110 cm³/mol. The molecule has 136 valence electrons. The van der Waals surface area contributed by atoms with Crippen LogP contribution in [0.15, 0.2) is 40.3 Å². The van der Waals surface area contributed by atoms with Crippen LogP contribution in [0.25, 0.3) is 15.9 Å². The van der Waals surface area contributed by atoms with Gasteiger partial charge in [-0.2, -0.15) is 0 Å². The van der Waals surface area contributed by atoms with Gasteiger partial charge in [-0.05, 0) is 31.5 Å². The standard InChI is InChI=1S/C20H22N2O2S2/c1-12-13(2)26-17-16(12)18(24)22(14-9-7-6-8-10-14)19(21-17)25-11-15(23)20(3,4)5/h6-10H,11H2,1-5H3. The molecule has 0 radical (unpaired) electrons. The fourth-order valence-electron chi connectivity index (χ4n) is 2.52. The lowest BCUT2D eigenvalue weighted by atomic mass is 9.92. The molecule has 0 atom stereocenters. The van der Waals surface area contributed by atoms with Crippen LogP contribution < -0.4 is 5.56 Å². The van der Waals surface area contributed by atoms with Crippen molar-refractivity contribution in [3.05, 3.63) is 51.1 Å². The van der Waals surface area contributed by atoms with E-state index in [2.05, 4.69) is 0 Å². The topological polar surface area (TPSA) is 52.0 Å². The first-order valence-electron chi connectivity index (χ1n) is 8.44. The monoisotopic (exact) mass is 386 g/mol. The average Bonchev–Trinajstić information content (AvgIpc) is 2.87. The van der Waals surface area contributed by atoms with Crippen molar-refractivity contribution in [2.24, 2.45) is 5.41 Å². The minimum absolute atomic E-state index is 0.0752. The molecule has 3 aromatic rings. The van der Waals surface area contributed by atoms with Crippen LogP contribution >= 0.6 is 23.1 Å². The van der Waals surface area contributed by atoms with E-state index in [0.29, 0.717) is 10.5 Å². The molecule has 0 saturated heterocycles. The predicted octanol–water partition coefficient (Wildman–Crippen LogP) is 4.77. The van der Waals surface area contributed by atoms with E-state index >= 15 is 0 Å². The number of hydrogen-bond acceptors (Lipinski definition) is 5. The smallest absolute Gasteiger partial charge is 0.267 e. The summed E-state index contributed by atoms with van der Waals surface area (Å²) >= 11 is 2.86. The van der Waals surface area contributed by atoms with Gasteiger partial charge in [-0.15, -0.1) is 11.3 Å². The van der Waals surface area contributed by atoms with Crippen LogP contribution in [0.2, 0.25) is 0 Å². The number of fused-ring (bicyclic) bond motifs is 1. The van der Waals surface area contributed by atoms with Crippen molar-refractivity contribution in [1.82, 2.24) is 9.55 Å². The Morgan fingerprint density at radius 3 is 2.46 bits per heavy atom. The van der Waals surface area contributed by atoms with Crippen molar-refractivity contribution < 1.29 is 4.79 Å². The maximum Gasteiger partial charge on any atom is 0.267 e. The van der Waals surface area contributed by atoms with Crippen LogP contribution in [-0.4, -0.2) is 21.1 Å². The Kier molecular flexibility index (Phi) is 5.08. The summed E-state index contributed by atoms with van der Waals surface area (Å²) < 4.78 is 1.63. The van der Waals surface area contributed by atoms with Gasteiger partial charge < -0.3 is 0 Å². The van der Waals surface area contributed by atoms with Crippen LogP contribution in [0.4, 0.5) is 0 Å². The third kappa shape index (κ3) is 3.48.